The van der Waals surface area contributed by atoms with Gasteiger partial charge in [0.1, 0.15) is 24.2 Å². The third-order valence-electron chi connectivity index (χ3n) is 9.12. The second kappa shape index (κ2) is 18.6. The smallest absolute Gasteiger partial charge is 0.315 e. The molecule has 7 N–H and O–H groups in total. The summed E-state index contributed by atoms with van der Waals surface area (Å²) < 4.78 is 0. The van der Waals surface area contributed by atoms with Crippen LogP contribution in [0.5, 0.6) is 0 Å². The molecule has 3 saturated heterocycles. The lowest BCUT2D eigenvalue weighted by atomic mass is 10.0. The fourth-order valence-corrected chi connectivity index (χ4v) is 8.07. The minimum atomic E-state index is -0.932. The largest absolute Gasteiger partial charge is 0.354 e. The molecule has 15 nitrogen and oxygen atoms in total. The van der Waals surface area contributed by atoms with Crippen molar-refractivity contribution >= 4 is 53.2 Å². The molecule has 0 aliphatic carbocycles. The zero-order valence-electron chi connectivity index (χ0n) is 28.9. The van der Waals surface area contributed by atoms with Crippen LogP contribution in [0.25, 0.3) is 0 Å². The van der Waals surface area contributed by atoms with Crippen molar-refractivity contribution in [1.82, 2.24) is 42.1 Å². The summed E-state index contributed by atoms with van der Waals surface area (Å²) in [7, 11) is 0. The molecule has 3 aliphatic rings. The molecular formula is C34H50N8O7S. The second-order valence-corrected chi connectivity index (χ2v) is 14.4. The number of nitrogens with one attached hydrogen (secondary N) is 7. The van der Waals surface area contributed by atoms with Gasteiger partial charge in [0.2, 0.25) is 35.4 Å². The highest BCUT2D eigenvalue weighted by Gasteiger charge is 2.42. The van der Waals surface area contributed by atoms with Crippen LogP contribution in [0, 0.1) is 0 Å². The first-order valence-electron chi connectivity index (χ1n) is 17.4. The molecule has 3 heterocycles. The maximum absolute atomic E-state index is 13.5. The molecule has 4 rings (SSSR count). The van der Waals surface area contributed by atoms with Gasteiger partial charge in [-0.2, -0.15) is 11.8 Å². The van der Waals surface area contributed by atoms with Crippen molar-refractivity contribution < 1.29 is 33.6 Å². The Morgan fingerprint density at radius 3 is 2.40 bits per heavy atom. The van der Waals surface area contributed by atoms with E-state index in [-0.39, 0.29) is 49.4 Å². The number of benzene rings is 1. The summed E-state index contributed by atoms with van der Waals surface area (Å²) in [6.45, 7) is 5.05. The lowest BCUT2D eigenvalue weighted by Crippen LogP contribution is -2.57. The van der Waals surface area contributed by atoms with Crippen LogP contribution < -0.4 is 37.2 Å². The van der Waals surface area contributed by atoms with Crippen LogP contribution in [-0.2, 0) is 35.2 Å². The van der Waals surface area contributed by atoms with Gasteiger partial charge in [-0.3, -0.25) is 28.8 Å². The average molecular weight is 715 g/mol. The summed E-state index contributed by atoms with van der Waals surface area (Å²) in [6.07, 6.45) is 4.09. The van der Waals surface area contributed by atoms with Gasteiger partial charge in [-0.15, -0.1) is 0 Å². The van der Waals surface area contributed by atoms with Crippen molar-refractivity contribution in [2.75, 3.05) is 25.4 Å². The molecule has 0 radical (unpaired) electrons. The first-order valence-corrected chi connectivity index (χ1v) is 18.4. The van der Waals surface area contributed by atoms with E-state index in [0.29, 0.717) is 31.1 Å². The lowest BCUT2D eigenvalue weighted by Gasteiger charge is -2.29. The van der Waals surface area contributed by atoms with Crippen molar-refractivity contribution in [3.05, 3.63) is 35.9 Å². The van der Waals surface area contributed by atoms with Gasteiger partial charge in [-0.25, -0.2) is 4.79 Å². The number of fused-ring (bicyclic) bond motifs is 1. The maximum atomic E-state index is 13.5. The predicted molar refractivity (Wildman–Crippen MR) is 188 cm³/mol. The van der Waals surface area contributed by atoms with Crippen LogP contribution in [0.3, 0.4) is 0 Å². The maximum Gasteiger partial charge on any atom is 0.315 e. The number of unbranched alkanes of at least 4 members (excludes halogenated alkanes) is 1. The van der Waals surface area contributed by atoms with Crippen molar-refractivity contribution in [3.63, 3.8) is 0 Å². The van der Waals surface area contributed by atoms with Gasteiger partial charge in [-0.05, 0) is 45.1 Å². The van der Waals surface area contributed by atoms with Crippen LogP contribution in [0.1, 0.15) is 64.9 Å². The highest BCUT2D eigenvalue weighted by atomic mass is 32.2. The Labute approximate surface area is 296 Å². The molecule has 0 bridgehead atoms. The Morgan fingerprint density at radius 1 is 0.920 bits per heavy atom. The first kappa shape index (κ1) is 38.5. The number of likely N-dealkylation sites (tertiary alicyclic amines) is 1. The van der Waals surface area contributed by atoms with Crippen molar-refractivity contribution in [2.45, 2.75) is 107 Å². The van der Waals surface area contributed by atoms with Gasteiger partial charge in [0.25, 0.3) is 0 Å². The standard InChI is InChI=1S/C34H50N8O7S/c1-20(37-22(3)43)30(45)38-21(2)33(48)42-17-9-12-26(42)32(47)39-24(18-23-10-5-4-6-11-23)31(46)36-16-15-35-28(44)14-8-7-13-27-29-25(19-50-27)40-34(49)41-29/h4-6,10-11,20-21,24-27,29H,7-9,12-19H2,1-3H3,(H,35,44)(H,36,46)(H,37,43)(H,38,45)(H,39,47)(H2,40,41,49)/t20-,21-,24-,25-,26+,27-,29-/m0/s1. The first-order chi connectivity index (χ1) is 23.9. The monoisotopic (exact) mass is 714 g/mol. The molecule has 0 saturated carbocycles. The lowest BCUT2D eigenvalue weighted by molar-refractivity contribution is -0.142. The van der Waals surface area contributed by atoms with Gasteiger partial charge in [-0.1, -0.05) is 36.8 Å². The molecule has 8 amide bonds. The van der Waals surface area contributed by atoms with Crippen molar-refractivity contribution in [2.24, 2.45) is 0 Å². The summed E-state index contributed by atoms with van der Waals surface area (Å²) in [4.78, 5) is 89.3. The molecular weight excluding hydrogens is 664 g/mol. The van der Waals surface area contributed by atoms with E-state index in [1.807, 2.05) is 42.1 Å². The highest BCUT2D eigenvalue weighted by Crippen LogP contribution is 2.33. The predicted octanol–water partition coefficient (Wildman–Crippen LogP) is -0.308. The molecule has 3 fully saturated rings. The van der Waals surface area contributed by atoms with Gasteiger partial charge in [0.15, 0.2) is 0 Å². The molecule has 7 atom stereocenters. The van der Waals surface area contributed by atoms with Crippen LogP contribution in [-0.4, -0.2) is 113 Å². The van der Waals surface area contributed by atoms with E-state index in [4.69, 9.17) is 0 Å². The number of hydrogen-bond acceptors (Lipinski definition) is 8. The van der Waals surface area contributed by atoms with E-state index < -0.39 is 47.8 Å². The quantitative estimate of drug-likeness (QED) is 0.0840. The number of nitrogens with zero attached hydrogens (tertiary/aromatic N) is 1. The highest BCUT2D eigenvalue weighted by molar-refractivity contribution is 8.00. The Hall–Kier alpha value is -4.34. The fourth-order valence-electron chi connectivity index (χ4n) is 6.52. The molecule has 3 aliphatic heterocycles. The van der Waals surface area contributed by atoms with Gasteiger partial charge in [0.05, 0.1) is 12.1 Å². The number of rotatable bonds is 17. The molecule has 0 unspecified atom stereocenters. The van der Waals surface area contributed by atoms with Gasteiger partial charge >= 0.3 is 6.03 Å². The Kier molecular flexibility index (Phi) is 14.3. The molecule has 0 spiro atoms. The Bertz CT molecular complexity index is 1400. The van der Waals surface area contributed by atoms with Crippen LogP contribution in [0.4, 0.5) is 4.79 Å². The summed E-state index contributed by atoms with van der Waals surface area (Å²) in [5.41, 5.74) is 0.836. The fraction of sp³-hybridized carbons (Fsp3) is 0.618. The van der Waals surface area contributed by atoms with E-state index in [1.54, 1.807) is 0 Å². The normalized spacial score (nSPS) is 22.6. The van der Waals surface area contributed by atoms with Gasteiger partial charge < -0.3 is 42.1 Å². The average Bonchev–Trinajstić information content (AvgIpc) is 3.81. The van der Waals surface area contributed by atoms with E-state index in [1.165, 1.54) is 25.7 Å². The number of urea groups is 1. The molecule has 274 valence electrons. The third-order valence-corrected chi connectivity index (χ3v) is 10.6. The molecule has 50 heavy (non-hydrogen) atoms. The van der Waals surface area contributed by atoms with Crippen molar-refractivity contribution in [3.8, 4) is 0 Å². The summed E-state index contributed by atoms with van der Waals surface area (Å²) in [6, 6.07) is 5.96. The third kappa shape index (κ3) is 11.1. The van der Waals surface area contributed by atoms with Crippen LogP contribution >= 0.6 is 11.8 Å². The Morgan fingerprint density at radius 2 is 1.66 bits per heavy atom. The van der Waals surface area contributed by atoms with E-state index in [0.717, 1.165) is 30.6 Å². The second-order valence-electron chi connectivity index (χ2n) is 13.1. The number of thioether (sulfide) groups is 1. The number of carbonyl (C=O) groups excluding carboxylic acids is 7. The van der Waals surface area contributed by atoms with Gasteiger partial charge in [0, 0.05) is 50.4 Å². The Balaban J connectivity index is 1.22. The van der Waals surface area contributed by atoms with Crippen LogP contribution in [0.2, 0.25) is 0 Å². The SMILES string of the molecule is CC(=O)N[C@@H](C)C(=O)N[C@@H](C)C(=O)N1CCC[C@@H]1C(=O)N[C@@H](Cc1ccccc1)C(=O)NCCNC(=O)CCCC[C@@H]1SC[C@@H]2NC(=O)N[C@@H]21. The summed E-state index contributed by atoms with van der Waals surface area (Å²) in [5.74, 6) is -1.42. The minimum absolute atomic E-state index is 0.108. The van der Waals surface area contributed by atoms with E-state index in [9.17, 15) is 33.6 Å². The zero-order chi connectivity index (χ0) is 36.2. The van der Waals surface area contributed by atoms with E-state index in [2.05, 4.69) is 37.2 Å². The number of hydrogen-bond donors (Lipinski definition) is 7. The van der Waals surface area contributed by atoms with Crippen molar-refractivity contribution in [1.29, 1.82) is 0 Å². The topological polar surface area (TPSA) is 207 Å². The molecule has 1 aromatic rings. The van der Waals surface area contributed by atoms with E-state index >= 15 is 0 Å². The number of amides is 8. The molecule has 0 aromatic heterocycles. The zero-order valence-corrected chi connectivity index (χ0v) is 29.7. The summed E-state index contributed by atoms with van der Waals surface area (Å²) in [5, 5.41) is 19.8. The molecule has 1 aromatic carbocycles. The number of carbonyl (C=O) groups is 7. The van der Waals surface area contributed by atoms with Crippen LogP contribution in [0.15, 0.2) is 30.3 Å². The summed E-state index contributed by atoms with van der Waals surface area (Å²) >= 11 is 1.85. The molecule has 16 heteroatoms. The minimum Gasteiger partial charge on any atom is -0.354 e.